The van der Waals surface area contributed by atoms with Crippen LogP contribution >= 0.6 is 11.3 Å². The molecule has 0 bridgehead atoms. The zero-order valence-corrected chi connectivity index (χ0v) is 17.1. The molecule has 2 aromatic heterocycles. The van der Waals surface area contributed by atoms with E-state index < -0.39 is 24.5 Å². The Labute approximate surface area is 170 Å². The number of hydrogen-bond donors (Lipinski definition) is 1. The minimum atomic E-state index is -0.536. The van der Waals surface area contributed by atoms with E-state index >= 15 is 0 Å². The van der Waals surface area contributed by atoms with Gasteiger partial charge >= 0.3 is 11.9 Å². The minimum Gasteiger partial charge on any atom is -0.469 e. The van der Waals surface area contributed by atoms with Gasteiger partial charge in [0.05, 0.1) is 31.9 Å². The molecule has 152 valence electrons. The Kier molecular flexibility index (Phi) is 6.28. The summed E-state index contributed by atoms with van der Waals surface area (Å²) < 4.78 is 15.1. The largest absolute Gasteiger partial charge is 0.469 e. The zero-order valence-electron chi connectivity index (χ0n) is 16.2. The highest BCUT2D eigenvalue weighted by Crippen LogP contribution is 2.25. The smallest absolute Gasteiger partial charge is 0.311 e. The van der Waals surface area contributed by atoms with Crippen LogP contribution in [0.5, 0.6) is 0 Å². The monoisotopic (exact) mass is 416 g/mol. The van der Waals surface area contributed by atoms with Gasteiger partial charge in [0.1, 0.15) is 5.58 Å². The Bertz CT molecular complexity index is 1070. The van der Waals surface area contributed by atoms with Crippen molar-refractivity contribution in [1.29, 1.82) is 0 Å². The Balaban J connectivity index is 1.51. The number of carbonyl (C=O) groups is 3. The molecule has 1 amide bonds. The van der Waals surface area contributed by atoms with Crippen molar-refractivity contribution in [3.05, 3.63) is 46.2 Å². The maximum atomic E-state index is 12.1. The lowest BCUT2D eigenvalue weighted by atomic mass is 10.0. The van der Waals surface area contributed by atoms with Gasteiger partial charge < -0.3 is 13.9 Å². The highest BCUT2D eigenvalue weighted by molar-refractivity contribution is 7.13. The van der Waals surface area contributed by atoms with Gasteiger partial charge in [0, 0.05) is 16.3 Å². The first-order valence-electron chi connectivity index (χ1n) is 8.79. The number of nitrogens with one attached hydrogen (secondary N) is 1. The van der Waals surface area contributed by atoms with Gasteiger partial charge in [0.15, 0.2) is 11.7 Å². The van der Waals surface area contributed by atoms with Crippen molar-refractivity contribution in [3.8, 4) is 0 Å². The standard InChI is InChI=1S/C20H20N2O6S/c1-11-4-15-13(8-27-16(15)5-12(11)2)6-19(25)28-9-17(23)22-20-21-14(10-29-20)7-18(24)26-3/h4-5,8,10H,6-7,9H2,1-3H3,(H,21,22,23). The molecule has 0 atom stereocenters. The first-order valence-corrected chi connectivity index (χ1v) is 9.67. The average molecular weight is 416 g/mol. The molecule has 2 heterocycles. The van der Waals surface area contributed by atoms with Gasteiger partial charge in [-0.2, -0.15) is 0 Å². The molecule has 0 saturated heterocycles. The predicted molar refractivity (Wildman–Crippen MR) is 107 cm³/mol. The molecule has 0 radical (unpaired) electrons. The van der Waals surface area contributed by atoms with Crippen molar-refractivity contribution in [1.82, 2.24) is 4.98 Å². The van der Waals surface area contributed by atoms with Crippen LogP contribution in [0.2, 0.25) is 0 Å². The highest BCUT2D eigenvalue weighted by atomic mass is 32.1. The Hall–Kier alpha value is -3.20. The highest BCUT2D eigenvalue weighted by Gasteiger charge is 2.15. The molecule has 0 unspecified atom stereocenters. The van der Waals surface area contributed by atoms with Crippen LogP contribution in [0.15, 0.2) is 28.2 Å². The van der Waals surface area contributed by atoms with Crippen LogP contribution in [0.3, 0.4) is 0 Å². The summed E-state index contributed by atoms with van der Waals surface area (Å²) >= 11 is 1.17. The topological polar surface area (TPSA) is 108 Å². The second-order valence-corrected chi connectivity index (χ2v) is 7.33. The summed E-state index contributed by atoms with van der Waals surface area (Å²) in [6.45, 7) is 3.55. The van der Waals surface area contributed by atoms with Crippen molar-refractivity contribution >= 4 is 45.3 Å². The van der Waals surface area contributed by atoms with Gasteiger partial charge in [-0.05, 0) is 37.1 Å². The Morgan fingerprint density at radius 1 is 1.14 bits per heavy atom. The minimum absolute atomic E-state index is 0.00328. The fourth-order valence-electron chi connectivity index (χ4n) is 2.65. The number of hydrogen-bond acceptors (Lipinski definition) is 8. The quantitative estimate of drug-likeness (QED) is 0.590. The number of esters is 2. The van der Waals surface area contributed by atoms with Crippen molar-refractivity contribution in [2.24, 2.45) is 0 Å². The molecule has 0 fully saturated rings. The lowest BCUT2D eigenvalue weighted by Crippen LogP contribution is -2.21. The third-order valence-corrected chi connectivity index (χ3v) is 5.13. The Morgan fingerprint density at radius 2 is 1.90 bits per heavy atom. The van der Waals surface area contributed by atoms with Crippen molar-refractivity contribution in [2.75, 3.05) is 19.0 Å². The van der Waals surface area contributed by atoms with E-state index in [9.17, 15) is 14.4 Å². The number of ether oxygens (including phenoxy) is 2. The van der Waals surface area contributed by atoms with Crippen molar-refractivity contribution in [2.45, 2.75) is 26.7 Å². The summed E-state index contributed by atoms with van der Waals surface area (Å²) in [7, 11) is 1.29. The fraction of sp³-hybridized carbons (Fsp3) is 0.300. The van der Waals surface area contributed by atoms with E-state index in [0.29, 0.717) is 22.0 Å². The van der Waals surface area contributed by atoms with Crippen LogP contribution in [-0.4, -0.2) is 36.5 Å². The van der Waals surface area contributed by atoms with Crippen molar-refractivity contribution in [3.63, 3.8) is 0 Å². The number of furan rings is 1. The number of aromatic nitrogens is 1. The van der Waals surface area contributed by atoms with Crippen LogP contribution in [-0.2, 0) is 36.7 Å². The number of fused-ring (bicyclic) bond motifs is 1. The fourth-order valence-corrected chi connectivity index (χ4v) is 3.37. The summed E-state index contributed by atoms with van der Waals surface area (Å²) in [6.07, 6.45) is 1.56. The van der Waals surface area contributed by atoms with Crippen LogP contribution < -0.4 is 5.32 Å². The predicted octanol–water partition coefficient (Wildman–Crippen LogP) is 2.95. The molecular formula is C20H20N2O6S. The number of anilines is 1. The van der Waals surface area contributed by atoms with E-state index in [1.807, 2.05) is 26.0 Å². The third kappa shape index (κ3) is 5.20. The second-order valence-electron chi connectivity index (χ2n) is 6.48. The van der Waals surface area contributed by atoms with E-state index in [4.69, 9.17) is 9.15 Å². The van der Waals surface area contributed by atoms with Crippen LogP contribution in [0.4, 0.5) is 5.13 Å². The molecule has 1 N–H and O–H groups in total. The summed E-state index contributed by atoms with van der Waals surface area (Å²) in [6, 6.07) is 3.90. The molecular weight excluding hydrogens is 396 g/mol. The summed E-state index contributed by atoms with van der Waals surface area (Å²) in [4.78, 5) is 39.4. The number of carbonyl (C=O) groups excluding carboxylic acids is 3. The van der Waals surface area contributed by atoms with Gasteiger partial charge in [-0.15, -0.1) is 11.3 Å². The molecule has 0 spiro atoms. The maximum Gasteiger partial charge on any atom is 0.311 e. The SMILES string of the molecule is COC(=O)Cc1csc(NC(=O)COC(=O)Cc2coc3cc(C)c(C)cc23)n1. The van der Waals surface area contributed by atoms with Gasteiger partial charge in [-0.1, -0.05) is 0 Å². The lowest BCUT2D eigenvalue weighted by molar-refractivity contribution is -0.146. The molecule has 8 nitrogen and oxygen atoms in total. The number of nitrogens with zero attached hydrogens (tertiary/aromatic N) is 1. The summed E-state index contributed by atoms with van der Waals surface area (Å²) in [5, 5.41) is 5.35. The van der Waals surface area contributed by atoms with E-state index in [0.717, 1.165) is 16.5 Å². The van der Waals surface area contributed by atoms with E-state index in [1.54, 1.807) is 5.38 Å². The van der Waals surface area contributed by atoms with Gasteiger partial charge in [0.2, 0.25) is 0 Å². The number of methoxy groups -OCH3 is 1. The van der Waals surface area contributed by atoms with E-state index in [1.165, 1.54) is 24.7 Å². The van der Waals surface area contributed by atoms with Crippen LogP contribution in [0, 0.1) is 13.8 Å². The first-order chi connectivity index (χ1) is 13.9. The van der Waals surface area contributed by atoms with Crippen LogP contribution in [0.1, 0.15) is 22.4 Å². The van der Waals surface area contributed by atoms with Crippen molar-refractivity contribution < 1.29 is 28.3 Å². The molecule has 0 aliphatic heterocycles. The normalized spacial score (nSPS) is 10.7. The van der Waals surface area contributed by atoms with Crippen LogP contribution in [0.25, 0.3) is 11.0 Å². The maximum absolute atomic E-state index is 12.1. The number of thiazole rings is 1. The summed E-state index contributed by atoms with van der Waals surface area (Å²) in [5.41, 5.74) is 4.12. The zero-order chi connectivity index (χ0) is 21.0. The van der Waals surface area contributed by atoms with Gasteiger partial charge in [-0.3, -0.25) is 19.7 Å². The molecule has 0 saturated carbocycles. The summed E-state index contributed by atoms with van der Waals surface area (Å²) in [5.74, 6) is -1.47. The lowest BCUT2D eigenvalue weighted by Gasteiger charge is -2.05. The van der Waals surface area contributed by atoms with E-state index in [2.05, 4.69) is 15.0 Å². The number of rotatable bonds is 7. The molecule has 0 aliphatic carbocycles. The molecule has 1 aromatic carbocycles. The first kappa shape index (κ1) is 20.5. The molecule has 29 heavy (non-hydrogen) atoms. The Morgan fingerprint density at radius 3 is 2.66 bits per heavy atom. The number of amides is 1. The molecule has 3 aromatic rings. The third-order valence-electron chi connectivity index (χ3n) is 4.32. The molecule has 3 rings (SSSR count). The van der Waals surface area contributed by atoms with Gasteiger partial charge in [0.25, 0.3) is 5.91 Å². The average Bonchev–Trinajstić information content (AvgIpc) is 3.27. The number of benzene rings is 1. The van der Waals surface area contributed by atoms with Gasteiger partial charge in [-0.25, -0.2) is 4.98 Å². The second kappa shape index (κ2) is 8.87. The molecule has 0 aliphatic rings. The number of aryl methyl sites for hydroxylation is 2. The molecule has 9 heteroatoms. The van der Waals surface area contributed by atoms with E-state index in [-0.39, 0.29) is 12.8 Å².